The molecule has 12 heavy (non-hydrogen) atoms. The van der Waals surface area contributed by atoms with E-state index in [1.54, 1.807) is 12.1 Å². The van der Waals surface area contributed by atoms with E-state index < -0.39 is 6.09 Å². The van der Waals surface area contributed by atoms with Crippen molar-refractivity contribution >= 4 is 17.0 Å². The molecule has 0 aliphatic heterocycles. The van der Waals surface area contributed by atoms with Crippen LogP contribution in [-0.2, 0) is 0 Å². The van der Waals surface area contributed by atoms with Gasteiger partial charge >= 0.3 is 6.09 Å². The van der Waals surface area contributed by atoms with Crippen LogP contribution in [0, 0.1) is 0 Å². The summed E-state index contributed by atoms with van der Waals surface area (Å²) in [7, 11) is 0. The molecule has 1 N–H and O–H groups in total. The van der Waals surface area contributed by atoms with Crippen LogP contribution in [0.3, 0.4) is 0 Å². The van der Waals surface area contributed by atoms with Gasteiger partial charge in [-0.05, 0) is 6.07 Å². The number of rotatable bonds is 0. The molecular weight excluding hydrogens is 156 g/mol. The Balaban J connectivity index is 2.79. The third-order valence-corrected chi connectivity index (χ3v) is 1.66. The molecule has 0 spiro atoms. The molecule has 0 fully saturated rings. The summed E-state index contributed by atoms with van der Waals surface area (Å²) < 4.78 is 0.954. The first-order valence-electron chi connectivity index (χ1n) is 3.45. The molecule has 0 bridgehead atoms. The Morgan fingerprint density at radius 1 is 1.42 bits per heavy atom. The van der Waals surface area contributed by atoms with Gasteiger partial charge < -0.3 is 5.11 Å². The molecule has 1 heterocycles. The molecule has 2 rings (SSSR count). The van der Waals surface area contributed by atoms with E-state index in [0.717, 1.165) is 10.1 Å². The Labute approximate surface area is 68.0 Å². The standard InChI is InChI=1S/C8H6N2O2/c11-8(12)10-7-4-2-1-3-6(7)5-9-10/h1-5H,(H,11,12). The summed E-state index contributed by atoms with van der Waals surface area (Å²) in [6.45, 7) is 0. The molecule has 0 aliphatic carbocycles. The van der Waals surface area contributed by atoms with E-state index in [0.29, 0.717) is 5.52 Å². The molecule has 0 atom stereocenters. The fourth-order valence-electron chi connectivity index (χ4n) is 1.12. The summed E-state index contributed by atoms with van der Waals surface area (Å²) >= 11 is 0. The van der Waals surface area contributed by atoms with Gasteiger partial charge in [-0.3, -0.25) is 0 Å². The number of hydrogen-bond acceptors (Lipinski definition) is 2. The molecule has 4 nitrogen and oxygen atoms in total. The lowest BCUT2D eigenvalue weighted by atomic mass is 10.3. The van der Waals surface area contributed by atoms with Crippen molar-refractivity contribution in [3.63, 3.8) is 0 Å². The maximum atomic E-state index is 10.6. The minimum Gasteiger partial charge on any atom is -0.463 e. The molecule has 0 aliphatic rings. The molecule has 0 saturated heterocycles. The zero-order valence-corrected chi connectivity index (χ0v) is 6.14. The predicted molar refractivity (Wildman–Crippen MR) is 43.2 cm³/mol. The highest BCUT2D eigenvalue weighted by Gasteiger charge is 2.06. The van der Waals surface area contributed by atoms with Gasteiger partial charge in [-0.2, -0.15) is 9.78 Å². The smallest absolute Gasteiger partial charge is 0.432 e. The van der Waals surface area contributed by atoms with Crippen molar-refractivity contribution in [1.82, 2.24) is 9.78 Å². The van der Waals surface area contributed by atoms with Crippen LogP contribution in [0.25, 0.3) is 10.9 Å². The van der Waals surface area contributed by atoms with E-state index in [4.69, 9.17) is 5.11 Å². The van der Waals surface area contributed by atoms with Gasteiger partial charge in [-0.25, -0.2) is 4.79 Å². The summed E-state index contributed by atoms with van der Waals surface area (Å²) in [5.41, 5.74) is 0.616. The van der Waals surface area contributed by atoms with E-state index in [9.17, 15) is 4.79 Å². The summed E-state index contributed by atoms with van der Waals surface area (Å²) in [4.78, 5) is 10.6. The predicted octanol–water partition coefficient (Wildman–Crippen LogP) is 1.56. The Morgan fingerprint density at radius 2 is 2.17 bits per heavy atom. The third-order valence-electron chi connectivity index (χ3n) is 1.66. The highest BCUT2D eigenvalue weighted by atomic mass is 16.4. The van der Waals surface area contributed by atoms with E-state index >= 15 is 0 Å². The second-order valence-electron chi connectivity index (χ2n) is 2.40. The van der Waals surface area contributed by atoms with Gasteiger partial charge in [0.2, 0.25) is 0 Å². The van der Waals surface area contributed by atoms with Gasteiger partial charge in [0.1, 0.15) is 0 Å². The van der Waals surface area contributed by atoms with Crippen LogP contribution in [0.5, 0.6) is 0 Å². The Kier molecular flexibility index (Phi) is 1.33. The number of nitrogens with zero attached hydrogens (tertiary/aromatic N) is 2. The summed E-state index contributed by atoms with van der Waals surface area (Å²) in [6.07, 6.45) is 0.472. The minimum absolute atomic E-state index is 0.616. The molecule has 0 radical (unpaired) electrons. The van der Waals surface area contributed by atoms with Crippen molar-refractivity contribution in [1.29, 1.82) is 0 Å². The van der Waals surface area contributed by atoms with Crippen LogP contribution in [0.2, 0.25) is 0 Å². The number of aromatic nitrogens is 2. The van der Waals surface area contributed by atoms with Crippen molar-refractivity contribution in [2.45, 2.75) is 0 Å². The highest BCUT2D eigenvalue weighted by Crippen LogP contribution is 2.11. The second-order valence-corrected chi connectivity index (χ2v) is 2.40. The lowest BCUT2D eigenvalue weighted by Gasteiger charge is -1.93. The molecule has 2 aromatic rings. The van der Waals surface area contributed by atoms with E-state index in [-0.39, 0.29) is 0 Å². The number of carboxylic acid groups (broad SMARTS) is 1. The maximum Gasteiger partial charge on any atom is 0.432 e. The maximum absolute atomic E-state index is 10.6. The van der Waals surface area contributed by atoms with Gasteiger partial charge in [0.05, 0.1) is 11.7 Å². The third kappa shape index (κ3) is 0.852. The summed E-state index contributed by atoms with van der Waals surface area (Å²) in [5, 5.41) is 13.2. The number of fused-ring (bicyclic) bond motifs is 1. The van der Waals surface area contributed by atoms with E-state index in [1.807, 2.05) is 12.1 Å². The largest absolute Gasteiger partial charge is 0.463 e. The SMILES string of the molecule is O=C(O)n1ncc2ccccc21. The average Bonchev–Trinajstić information content (AvgIpc) is 2.47. The first kappa shape index (κ1) is 6.84. The Hall–Kier alpha value is -1.84. The van der Waals surface area contributed by atoms with Gasteiger partial charge in [-0.15, -0.1) is 0 Å². The zero-order valence-electron chi connectivity index (χ0n) is 6.14. The van der Waals surface area contributed by atoms with E-state index in [2.05, 4.69) is 5.10 Å². The first-order chi connectivity index (χ1) is 5.79. The van der Waals surface area contributed by atoms with Crippen LogP contribution < -0.4 is 0 Å². The van der Waals surface area contributed by atoms with Gasteiger partial charge in [-0.1, -0.05) is 18.2 Å². The molecule has 4 heteroatoms. The van der Waals surface area contributed by atoms with Gasteiger partial charge in [0, 0.05) is 5.39 Å². The number of hydrogen-bond donors (Lipinski definition) is 1. The molecule has 0 amide bonds. The fourth-order valence-corrected chi connectivity index (χ4v) is 1.12. The number of benzene rings is 1. The number of carbonyl (C=O) groups is 1. The normalized spacial score (nSPS) is 10.3. The number of para-hydroxylation sites is 1. The van der Waals surface area contributed by atoms with Crippen molar-refractivity contribution in [3.8, 4) is 0 Å². The lowest BCUT2D eigenvalue weighted by Crippen LogP contribution is -2.08. The van der Waals surface area contributed by atoms with Gasteiger partial charge in [0.25, 0.3) is 0 Å². The monoisotopic (exact) mass is 162 g/mol. The zero-order chi connectivity index (χ0) is 8.55. The minimum atomic E-state index is -1.06. The molecule has 60 valence electrons. The van der Waals surface area contributed by atoms with Crippen molar-refractivity contribution in [2.24, 2.45) is 0 Å². The average molecular weight is 162 g/mol. The van der Waals surface area contributed by atoms with Crippen LogP contribution >= 0.6 is 0 Å². The quantitative estimate of drug-likeness (QED) is 0.639. The van der Waals surface area contributed by atoms with Crippen LogP contribution in [-0.4, -0.2) is 21.0 Å². The highest BCUT2D eigenvalue weighted by molar-refractivity contribution is 5.86. The molecule has 1 aromatic heterocycles. The van der Waals surface area contributed by atoms with Gasteiger partial charge in [0.15, 0.2) is 0 Å². The van der Waals surface area contributed by atoms with Crippen LogP contribution in [0.1, 0.15) is 0 Å². The van der Waals surface area contributed by atoms with Crippen molar-refractivity contribution in [3.05, 3.63) is 30.5 Å². The topological polar surface area (TPSA) is 55.1 Å². The van der Waals surface area contributed by atoms with Crippen molar-refractivity contribution < 1.29 is 9.90 Å². The lowest BCUT2D eigenvalue weighted by molar-refractivity contribution is 0.194. The van der Waals surface area contributed by atoms with Crippen LogP contribution in [0.4, 0.5) is 4.79 Å². The molecular formula is C8H6N2O2. The van der Waals surface area contributed by atoms with Crippen LogP contribution in [0.15, 0.2) is 30.5 Å². The molecule has 0 unspecified atom stereocenters. The Morgan fingerprint density at radius 3 is 2.92 bits per heavy atom. The van der Waals surface area contributed by atoms with Crippen molar-refractivity contribution in [2.75, 3.05) is 0 Å². The second kappa shape index (κ2) is 2.34. The summed E-state index contributed by atoms with van der Waals surface area (Å²) in [6, 6.07) is 7.16. The Bertz CT molecular complexity index is 433. The fraction of sp³-hybridized carbons (Fsp3) is 0. The first-order valence-corrected chi connectivity index (χ1v) is 3.45. The van der Waals surface area contributed by atoms with E-state index in [1.165, 1.54) is 6.20 Å². The summed E-state index contributed by atoms with van der Waals surface area (Å²) in [5.74, 6) is 0. The molecule has 1 aromatic carbocycles. The molecule has 0 saturated carbocycles.